The fourth-order valence-corrected chi connectivity index (χ4v) is 5.55. The van der Waals surface area contributed by atoms with E-state index in [9.17, 15) is 4.79 Å². The summed E-state index contributed by atoms with van der Waals surface area (Å²) in [6.07, 6.45) is 1.13. The quantitative estimate of drug-likeness (QED) is 0.227. The maximum atomic E-state index is 13.8. The second-order valence-electron chi connectivity index (χ2n) is 9.28. The van der Waals surface area contributed by atoms with Crippen LogP contribution in [-0.2, 0) is 11.2 Å². The van der Waals surface area contributed by atoms with Crippen LogP contribution in [0.4, 0.5) is 22.7 Å². The Morgan fingerprint density at radius 1 is 1.17 bits per heavy atom. The number of hydrogen-bond acceptors (Lipinski definition) is 5. The van der Waals surface area contributed by atoms with E-state index in [2.05, 4.69) is 34.4 Å². The highest BCUT2D eigenvalue weighted by molar-refractivity contribution is 14.1. The van der Waals surface area contributed by atoms with Crippen LogP contribution in [0.2, 0.25) is 5.02 Å². The Balaban J connectivity index is 1.78. The first-order valence-corrected chi connectivity index (χ1v) is 13.5. The van der Waals surface area contributed by atoms with Gasteiger partial charge in [-0.3, -0.25) is 4.79 Å². The molecule has 0 aromatic heterocycles. The van der Waals surface area contributed by atoms with Gasteiger partial charge < -0.3 is 24.2 Å². The third-order valence-corrected chi connectivity index (χ3v) is 8.27. The lowest BCUT2D eigenvalue weighted by atomic mass is 9.81. The number of amides is 1. The number of nitrogens with zero attached hydrogens (tertiary/aromatic N) is 3. The van der Waals surface area contributed by atoms with Crippen molar-refractivity contribution in [1.82, 2.24) is 0 Å². The molecule has 0 aliphatic carbocycles. The monoisotopic (exact) mass is 617 g/mol. The fraction of sp³-hybridized carbons (Fsp3) is 0.321. The first-order chi connectivity index (χ1) is 17.2. The molecular formula is C28H29ClIN3O3. The zero-order chi connectivity index (χ0) is 25.7. The van der Waals surface area contributed by atoms with Gasteiger partial charge in [0.15, 0.2) is 11.5 Å². The summed E-state index contributed by atoms with van der Waals surface area (Å²) in [5.41, 5.74) is 6.84. The van der Waals surface area contributed by atoms with Crippen LogP contribution in [0.15, 0.2) is 48.5 Å². The van der Waals surface area contributed by atoms with E-state index in [0.29, 0.717) is 16.5 Å². The van der Waals surface area contributed by atoms with Crippen molar-refractivity contribution in [2.24, 2.45) is 0 Å². The average molecular weight is 618 g/mol. The van der Waals surface area contributed by atoms with Gasteiger partial charge in [0.05, 0.1) is 25.3 Å². The number of ether oxygens (including phenoxy) is 2. The molecule has 2 aliphatic heterocycles. The summed E-state index contributed by atoms with van der Waals surface area (Å²) < 4.78 is 12.2. The van der Waals surface area contributed by atoms with Crippen molar-refractivity contribution in [3.05, 3.63) is 70.2 Å². The third-order valence-electron chi connectivity index (χ3n) is 6.90. The smallest absolute Gasteiger partial charge is 0.232 e. The Morgan fingerprint density at radius 3 is 2.53 bits per heavy atom. The molecule has 0 saturated carbocycles. The highest BCUT2D eigenvalue weighted by Gasteiger charge is 2.44. The summed E-state index contributed by atoms with van der Waals surface area (Å²) in [5.74, 6) is 1.36. The van der Waals surface area contributed by atoms with Gasteiger partial charge in [-0.15, -0.1) is 0 Å². The second-order valence-corrected chi connectivity index (χ2v) is 11.1. The number of halogens is 2. The molecule has 6 nitrogen and oxygen atoms in total. The van der Waals surface area contributed by atoms with Crippen LogP contribution in [0, 0.1) is 0 Å². The molecule has 36 heavy (non-hydrogen) atoms. The van der Waals surface area contributed by atoms with Gasteiger partial charge in [-0.05, 0) is 77.0 Å². The van der Waals surface area contributed by atoms with Gasteiger partial charge in [-0.2, -0.15) is 0 Å². The normalized spacial score (nSPS) is 16.9. The summed E-state index contributed by atoms with van der Waals surface area (Å²) in [6.45, 7) is 2.09. The topological polar surface area (TPSA) is 45.3 Å². The van der Waals surface area contributed by atoms with Crippen LogP contribution >= 0.6 is 34.2 Å². The van der Waals surface area contributed by atoms with E-state index in [0.717, 1.165) is 45.9 Å². The first kappa shape index (κ1) is 25.0. The van der Waals surface area contributed by atoms with E-state index < -0.39 is 0 Å². The van der Waals surface area contributed by atoms with Gasteiger partial charge in [0.25, 0.3) is 0 Å². The predicted octanol–water partition coefficient (Wildman–Crippen LogP) is 6.72. The number of carbonyl (C=O) groups excluding carboxylic acids is 1. The van der Waals surface area contributed by atoms with E-state index in [1.807, 2.05) is 79.5 Å². The van der Waals surface area contributed by atoms with Gasteiger partial charge >= 0.3 is 0 Å². The van der Waals surface area contributed by atoms with Crippen molar-refractivity contribution in [3.8, 4) is 11.5 Å². The van der Waals surface area contributed by atoms with Crippen LogP contribution in [0.3, 0.4) is 0 Å². The Morgan fingerprint density at radius 2 is 1.89 bits per heavy atom. The molecule has 188 valence electrons. The molecule has 5 rings (SSSR count). The maximum Gasteiger partial charge on any atom is 0.232 e. The molecule has 2 heterocycles. The first-order valence-electron chi connectivity index (χ1n) is 11.9. The lowest BCUT2D eigenvalue weighted by Crippen LogP contribution is -2.44. The van der Waals surface area contributed by atoms with Crippen LogP contribution < -0.4 is 24.2 Å². The Hall–Kier alpha value is -2.65. The van der Waals surface area contributed by atoms with Gasteiger partial charge in [-0.1, -0.05) is 24.6 Å². The number of carbonyl (C=O) groups is 1. The molecule has 8 heteroatoms. The van der Waals surface area contributed by atoms with Crippen molar-refractivity contribution in [1.29, 1.82) is 0 Å². The Kier molecular flexibility index (Phi) is 6.72. The second kappa shape index (κ2) is 9.67. The third kappa shape index (κ3) is 4.06. The number of fused-ring (bicyclic) bond motifs is 2. The summed E-state index contributed by atoms with van der Waals surface area (Å²) in [6, 6.07) is 15.7. The number of alkyl halides is 1. The van der Waals surface area contributed by atoms with Crippen LogP contribution in [-0.4, -0.2) is 38.3 Å². The summed E-state index contributed by atoms with van der Waals surface area (Å²) in [7, 11) is 7.68. The number of anilines is 4. The molecule has 1 amide bonds. The van der Waals surface area contributed by atoms with E-state index >= 15 is 0 Å². The zero-order valence-corrected chi connectivity index (χ0v) is 23.9. The molecule has 2 aliphatic rings. The zero-order valence-electron chi connectivity index (χ0n) is 21.0. The summed E-state index contributed by atoms with van der Waals surface area (Å²) in [5, 5.41) is 0.638. The number of hydrogen-bond donors (Lipinski definition) is 0. The highest BCUT2D eigenvalue weighted by Crippen LogP contribution is 2.57. The van der Waals surface area contributed by atoms with E-state index in [1.165, 1.54) is 0 Å². The highest BCUT2D eigenvalue weighted by atomic mass is 127. The fourth-order valence-electron chi connectivity index (χ4n) is 5.13. The molecule has 0 fully saturated rings. The summed E-state index contributed by atoms with van der Waals surface area (Å²) in [4.78, 5) is 19.8. The van der Waals surface area contributed by atoms with Gasteiger partial charge in [0.2, 0.25) is 5.91 Å². The minimum absolute atomic E-state index is 0.0293. The van der Waals surface area contributed by atoms with Crippen molar-refractivity contribution in [2.75, 3.05) is 43.0 Å². The molecular weight excluding hydrogens is 589 g/mol. The molecule has 3 aromatic carbocycles. The van der Waals surface area contributed by atoms with Crippen LogP contribution in [0.25, 0.3) is 0 Å². The lowest BCUT2D eigenvalue weighted by Gasteiger charge is -2.45. The molecule has 0 radical (unpaired) electrons. The van der Waals surface area contributed by atoms with Crippen molar-refractivity contribution < 1.29 is 14.3 Å². The summed E-state index contributed by atoms with van der Waals surface area (Å²) >= 11 is 8.78. The molecule has 2 unspecified atom stereocenters. The number of methoxy groups -OCH3 is 1. The van der Waals surface area contributed by atoms with Gasteiger partial charge in [0.1, 0.15) is 4.11 Å². The van der Waals surface area contributed by atoms with E-state index in [-0.39, 0.29) is 22.5 Å². The van der Waals surface area contributed by atoms with Crippen molar-refractivity contribution >= 4 is 62.8 Å². The number of benzene rings is 3. The minimum atomic E-state index is -0.313. The average Bonchev–Trinajstić information content (AvgIpc) is 2.87. The number of rotatable bonds is 6. The molecule has 0 N–H and O–H groups in total. The van der Waals surface area contributed by atoms with Crippen LogP contribution in [0.1, 0.15) is 36.1 Å². The SMILES string of the molecule is CCC(I)Oc1c(OC)cc2c3c1N(C)c1cc(Cl)ccc1C3N(c1ccc(N(C)C)cc1)C(=O)C2. The van der Waals surface area contributed by atoms with Gasteiger partial charge in [0, 0.05) is 54.4 Å². The minimum Gasteiger partial charge on any atom is -0.493 e. The molecule has 3 aromatic rings. The maximum absolute atomic E-state index is 13.8. The largest absolute Gasteiger partial charge is 0.493 e. The van der Waals surface area contributed by atoms with Gasteiger partial charge in [-0.25, -0.2) is 0 Å². The van der Waals surface area contributed by atoms with Crippen LogP contribution in [0.5, 0.6) is 11.5 Å². The molecule has 2 atom stereocenters. The predicted molar refractivity (Wildman–Crippen MR) is 155 cm³/mol. The Labute approximate surface area is 230 Å². The molecule has 0 bridgehead atoms. The Bertz CT molecular complexity index is 1330. The van der Waals surface area contributed by atoms with Crippen molar-refractivity contribution in [2.45, 2.75) is 29.9 Å². The van der Waals surface area contributed by atoms with Crippen molar-refractivity contribution in [3.63, 3.8) is 0 Å². The standard InChI is InChI=1S/C28H29ClIN3O3/c1-6-23(30)36-28-22(35-5)13-16-14-24(34)33(19-10-8-18(9-11-19)31(2)3)26-20-12-7-17(29)15-21(20)32(4)27(28)25(16)26/h7-13,15,23,26H,6,14H2,1-5H3. The lowest BCUT2D eigenvalue weighted by molar-refractivity contribution is -0.118. The van der Waals surface area contributed by atoms with E-state index in [4.69, 9.17) is 21.1 Å². The molecule has 0 saturated heterocycles. The van der Waals surface area contributed by atoms with E-state index in [1.54, 1.807) is 7.11 Å². The molecule has 0 spiro atoms.